The van der Waals surface area contributed by atoms with Gasteiger partial charge in [0.15, 0.2) is 0 Å². The SMILES string of the molecule is Cc1cccc(C)c1Cn1ncc(CNCC(C)C)c1C. The van der Waals surface area contributed by atoms with Crippen LogP contribution in [0.25, 0.3) is 0 Å². The second-order valence-electron chi connectivity index (χ2n) is 6.31. The lowest BCUT2D eigenvalue weighted by Gasteiger charge is -2.12. The first kappa shape index (κ1) is 15.8. The first-order valence-electron chi connectivity index (χ1n) is 7.76. The van der Waals surface area contributed by atoms with Crippen molar-refractivity contribution in [2.45, 2.75) is 47.7 Å². The number of hydrogen-bond donors (Lipinski definition) is 1. The van der Waals surface area contributed by atoms with Crippen LogP contribution in [0.2, 0.25) is 0 Å². The number of hydrogen-bond acceptors (Lipinski definition) is 2. The number of nitrogens with zero attached hydrogens (tertiary/aromatic N) is 2. The molecule has 0 aliphatic rings. The normalized spacial score (nSPS) is 11.3. The highest BCUT2D eigenvalue weighted by atomic mass is 15.3. The molecule has 0 aliphatic heterocycles. The van der Waals surface area contributed by atoms with Gasteiger partial charge in [-0.1, -0.05) is 32.0 Å². The smallest absolute Gasteiger partial charge is 0.0667 e. The zero-order valence-corrected chi connectivity index (χ0v) is 13.9. The number of aromatic nitrogens is 2. The second kappa shape index (κ2) is 6.90. The average molecular weight is 285 g/mol. The molecule has 0 fully saturated rings. The lowest BCUT2D eigenvalue weighted by molar-refractivity contribution is 0.550. The van der Waals surface area contributed by atoms with Crippen LogP contribution < -0.4 is 5.32 Å². The maximum absolute atomic E-state index is 4.57. The van der Waals surface area contributed by atoms with Gasteiger partial charge in [0.05, 0.1) is 12.7 Å². The van der Waals surface area contributed by atoms with Gasteiger partial charge in [-0.3, -0.25) is 4.68 Å². The molecule has 0 saturated carbocycles. The Balaban J connectivity index is 2.10. The number of aryl methyl sites for hydroxylation is 2. The lowest BCUT2D eigenvalue weighted by Crippen LogP contribution is -2.19. The molecule has 0 spiro atoms. The average Bonchev–Trinajstić information content (AvgIpc) is 2.75. The van der Waals surface area contributed by atoms with Gasteiger partial charge >= 0.3 is 0 Å². The van der Waals surface area contributed by atoms with E-state index in [2.05, 4.69) is 67.9 Å². The molecule has 1 aromatic carbocycles. The molecule has 1 N–H and O–H groups in total. The highest BCUT2D eigenvalue weighted by Gasteiger charge is 2.09. The predicted octanol–water partition coefficient (Wildman–Crippen LogP) is 3.60. The Kier molecular flexibility index (Phi) is 5.18. The van der Waals surface area contributed by atoms with E-state index >= 15 is 0 Å². The molecule has 1 heterocycles. The van der Waals surface area contributed by atoms with E-state index in [1.807, 2.05) is 6.20 Å². The molecule has 3 nitrogen and oxygen atoms in total. The third-order valence-corrected chi connectivity index (χ3v) is 4.03. The lowest BCUT2D eigenvalue weighted by atomic mass is 10.0. The summed E-state index contributed by atoms with van der Waals surface area (Å²) >= 11 is 0. The van der Waals surface area contributed by atoms with E-state index < -0.39 is 0 Å². The maximum Gasteiger partial charge on any atom is 0.0667 e. The summed E-state index contributed by atoms with van der Waals surface area (Å²) in [5, 5.41) is 8.06. The summed E-state index contributed by atoms with van der Waals surface area (Å²) in [5.74, 6) is 0.676. The van der Waals surface area contributed by atoms with Gasteiger partial charge in [-0.05, 0) is 49.9 Å². The Bertz CT molecular complexity index is 576. The van der Waals surface area contributed by atoms with Crippen LogP contribution in [0.15, 0.2) is 24.4 Å². The molecular formula is C18H27N3. The van der Waals surface area contributed by atoms with E-state index in [0.717, 1.165) is 19.6 Å². The fourth-order valence-corrected chi connectivity index (χ4v) is 2.56. The van der Waals surface area contributed by atoms with Gasteiger partial charge in [0.1, 0.15) is 0 Å². The van der Waals surface area contributed by atoms with E-state index in [1.54, 1.807) is 0 Å². The van der Waals surface area contributed by atoms with Gasteiger partial charge in [-0.25, -0.2) is 0 Å². The van der Waals surface area contributed by atoms with Gasteiger partial charge < -0.3 is 5.32 Å². The Morgan fingerprint density at radius 1 is 1.14 bits per heavy atom. The van der Waals surface area contributed by atoms with Crippen LogP contribution in [-0.2, 0) is 13.1 Å². The molecule has 3 heteroatoms. The van der Waals surface area contributed by atoms with Gasteiger partial charge in [0, 0.05) is 17.8 Å². The van der Waals surface area contributed by atoms with Crippen LogP contribution in [0.5, 0.6) is 0 Å². The first-order valence-corrected chi connectivity index (χ1v) is 7.76. The Hall–Kier alpha value is -1.61. The van der Waals surface area contributed by atoms with E-state index in [9.17, 15) is 0 Å². The van der Waals surface area contributed by atoms with Crippen LogP contribution >= 0.6 is 0 Å². The summed E-state index contributed by atoms with van der Waals surface area (Å²) in [6.07, 6.45) is 2.00. The van der Waals surface area contributed by atoms with E-state index in [4.69, 9.17) is 0 Å². The molecule has 21 heavy (non-hydrogen) atoms. The zero-order chi connectivity index (χ0) is 15.4. The minimum atomic E-state index is 0.676. The highest BCUT2D eigenvalue weighted by molar-refractivity contribution is 5.34. The minimum Gasteiger partial charge on any atom is -0.312 e. The Morgan fingerprint density at radius 3 is 2.43 bits per heavy atom. The van der Waals surface area contributed by atoms with Crippen molar-refractivity contribution in [1.82, 2.24) is 15.1 Å². The Morgan fingerprint density at radius 2 is 1.81 bits per heavy atom. The third-order valence-electron chi connectivity index (χ3n) is 4.03. The first-order chi connectivity index (χ1) is 9.99. The third kappa shape index (κ3) is 3.94. The van der Waals surface area contributed by atoms with Gasteiger partial charge in [-0.2, -0.15) is 5.10 Å². The maximum atomic E-state index is 4.57. The minimum absolute atomic E-state index is 0.676. The van der Waals surface area contributed by atoms with Gasteiger partial charge in [0.2, 0.25) is 0 Å². The van der Waals surface area contributed by atoms with E-state index in [-0.39, 0.29) is 0 Å². The van der Waals surface area contributed by atoms with Crippen molar-refractivity contribution in [3.63, 3.8) is 0 Å². The molecule has 0 amide bonds. The summed E-state index contributed by atoms with van der Waals surface area (Å²) in [5.41, 5.74) is 6.61. The van der Waals surface area contributed by atoms with Crippen molar-refractivity contribution in [3.8, 4) is 0 Å². The van der Waals surface area contributed by atoms with Crippen molar-refractivity contribution < 1.29 is 0 Å². The topological polar surface area (TPSA) is 29.9 Å². The predicted molar refractivity (Wildman–Crippen MR) is 88.5 cm³/mol. The quantitative estimate of drug-likeness (QED) is 0.879. The number of benzene rings is 1. The molecule has 0 saturated heterocycles. The number of rotatable bonds is 6. The van der Waals surface area contributed by atoms with Crippen molar-refractivity contribution >= 4 is 0 Å². The molecule has 1 aromatic heterocycles. The molecule has 114 valence electrons. The largest absolute Gasteiger partial charge is 0.312 e. The second-order valence-corrected chi connectivity index (χ2v) is 6.31. The van der Waals surface area contributed by atoms with Crippen LogP contribution in [0, 0.1) is 26.7 Å². The van der Waals surface area contributed by atoms with Crippen molar-refractivity contribution in [2.75, 3.05) is 6.54 Å². The van der Waals surface area contributed by atoms with Gasteiger partial charge in [0.25, 0.3) is 0 Å². The highest BCUT2D eigenvalue weighted by Crippen LogP contribution is 2.16. The van der Waals surface area contributed by atoms with E-state index in [0.29, 0.717) is 5.92 Å². The standard InChI is InChI=1S/C18H27N3/c1-13(2)9-19-10-17-11-20-21(16(17)5)12-18-14(3)7-6-8-15(18)4/h6-8,11,13,19H,9-10,12H2,1-5H3. The van der Waals surface area contributed by atoms with E-state index in [1.165, 1.54) is 27.9 Å². The van der Waals surface area contributed by atoms with Gasteiger partial charge in [-0.15, -0.1) is 0 Å². The summed E-state index contributed by atoms with van der Waals surface area (Å²) < 4.78 is 2.11. The van der Waals surface area contributed by atoms with Crippen LogP contribution in [0.1, 0.15) is 41.8 Å². The summed E-state index contributed by atoms with van der Waals surface area (Å²) in [7, 11) is 0. The fourth-order valence-electron chi connectivity index (χ4n) is 2.56. The molecule has 0 unspecified atom stereocenters. The van der Waals surface area contributed by atoms with Crippen LogP contribution in [0.3, 0.4) is 0 Å². The molecule has 0 atom stereocenters. The summed E-state index contributed by atoms with van der Waals surface area (Å²) in [6, 6.07) is 6.46. The van der Waals surface area contributed by atoms with Crippen molar-refractivity contribution in [2.24, 2.45) is 5.92 Å². The molecule has 0 aliphatic carbocycles. The number of nitrogens with one attached hydrogen (secondary N) is 1. The van der Waals surface area contributed by atoms with Crippen molar-refractivity contribution in [3.05, 3.63) is 52.3 Å². The summed E-state index contributed by atoms with van der Waals surface area (Å²) in [6.45, 7) is 13.8. The fraction of sp³-hybridized carbons (Fsp3) is 0.500. The van der Waals surface area contributed by atoms with Crippen molar-refractivity contribution in [1.29, 1.82) is 0 Å². The molecule has 2 rings (SSSR count). The summed E-state index contributed by atoms with van der Waals surface area (Å²) in [4.78, 5) is 0. The van der Waals surface area contributed by atoms with Crippen LogP contribution in [0.4, 0.5) is 0 Å². The Labute approximate surface area is 128 Å². The monoisotopic (exact) mass is 285 g/mol. The zero-order valence-electron chi connectivity index (χ0n) is 13.9. The molecule has 0 radical (unpaired) electrons. The van der Waals surface area contributed by atoms with Crippen LogP contribution in [-0.4, -0.2) is 16.3 Å². The molecule has 2 aromatic rings. The molecule has 0 bridgehead atoms. The molecular weight excluding hydrogens is 258 g/mol.